The van der Waals surface area contributed by atoms with Crippen molar-refractivity contribution in [1.82, 2.24) is 15.0 Å². The molecule has 2 amide bonds. The number of carbonyl (C=O) groups is 2. The van der Waals surface area contributed by atoms with Crippen LogP contribution in [0.15, 0.2) is 4.52 Å². The summed E-state index contributed by atoms with van der Waals surface area (Å²) in [6, 6.07) is 0.195. The number of aromatic nitrogens is 1. The molecule has 1 aromatic heterocycles. The third-order valence-corrected chi connectivity index (χ3v) is 5.51. The fourth-order valence-corrected chi connectivity index (χ4v) is 4.04. The molecular formula is C18H27N3O4. The summed E-state index contributed by atoms with van der Waals surface area (Å²) in [5, 5.41) is 3.93. The highest BCUT2D eigenvalue weighted by atomic mass is 16.5. The zero-order valence-electron chi connectivity index (χ0n) is 15.5. The van der Waals surface area contributed by atoms with Crippen LogP contribution in [-0.4, -0.2) is 59.6 Å². The van der Waals surface area contributed by atoms with Crippen LogP contribution in [0.5, 0.6) is 0 Å². The molecule has 0 saturated carbocycles. The summed E-state index contributed by atoms with van der Waals surface area (Å²) in [5.41, 5.74) is 0.561. The Labute approximate surface area is 148 Å². The van der Waals surface area contributed by atoms with E-state index in [1.54, 1.807) is 18.9 Å². The number of amides is 2. The number of hydrogen-bond donors (Lipinski definition) is 0. The molecule has 0 N–H and O–H groups in total. The van der Waals surface area contributed by atoms with Crippen LogP contribution in [0, 0.1) is 12.3 Å². The van der Waals surface area contributed by atoms with Gasteiger partial charge in [0.1, 0.15) is 5.76 Å². The van der Waals surface area contributed by atoms with Gasteiger partial charge in [0.2, 0.25) is 5.91 Å². The Hall–Kier alpha value is -1.89. The van der Waals surface area contributed by atoms with E-state index in [1.807, 2.05) is 18.7 Å². The van der Waals surface area contributed by atoms with E-state index in [0.717, 1.165) is 25.8 Å². The molecule has 7 heteroatoms. The Morgan fingerprint density at radius 3 is 2.80 bits per heavy atom. The molecule has 1 aromatic rings. The van der Waals surface area contributed by atoms with Crippen LogP contribution in [-0.2, 0) is 16.1 Å². The standard InChI is InChI=1S/C18H27N3O4/c1-12(2)21-8-5-6-18(17(21)23)7-9-20(11-18)16(22)15-14(10-24-4)13(3)25-19-15/h12H,5-11H2,1-4H3. The van der Waals surface area contributed by atoms with Gasteiger partial charge in [-0.05, 0) is 40.0 Å². The number of carbonyl (C=O) groups excluding carboxylic acids is 2. The maximum absolute atomic E-state index is 13.0. The van der Waals surface area contributed by atoms with Gasteiger partial charge in [-0.2, -0.15) is 0 Å². The van der Waals surface area contributed by atoms with Crippen molar-refractivity contribution in [3.05, 3.63) is 17.0 Å². The molecule has 25 heavy (non-hydrogen) atoms. The zero-order chi connectivity index (χ0) is 18.2. The maximum Gasteiger partial charge on any atom is 0.276 e. The number of hydrogen-bond acceptors (Lipinski definition) is 5. The molecule has 0 bridgehead atoms. The van der Waals surface area contributed by atoms with Gasteiger partial charge in [0.15, 0.2) is 5.69 Å². The second-order valence-corrected chi connectivity index (χ2v) is 7.45. The van der Waals surface area contributed by atoms with Crippen LogP contribution in [0.4, 0.5) is 0 Å². The Morgan fingerprint density at radius 1 is 1.36 bits per heavy atom. The number of rotatable bonds is 4. The molecule has 0 radical (unpaired) electrons. The van der Waals surface area contributed by atoms with Crippen LogP contribution in [0.25, 0.3) is 0 Å². The van der Waals surface area contributed by atoms with E-state index in [4.69, 9.17) is 9.26 Å². The predicted molar refractivity (Wildman–Crippen MR) is 91.0 cm³/mol. The van der Waals surface area contributed by atoms with Crippen molar-refractivity contribution < 1.29 is 18.8 Å². The molecular weight excluding hydrogens is 322 g/mol. The summed E-state index contributed by atoms with van der Waals surface area (Å²) < 4.78 is 10.3. The average Bonchev–Trinajstić information content (AvgIpc) is 3.16. The summed E-state index contributed by atoms with van der Waals surface area (Å²) in [6.07, 6.45) is 2.56. The van der Waals surface area contributed by atoms with E-state index < -0.39 is 5.41 Å². The Kier molecular flexibility index (Phi) is 4.86. The Bertz CT molecular complexity index is 669. The van der Waals surface area contributed by atoms with Crippen molar-refractivity contribution in [3.63, 3.8) is 0 Å². The second kappa shape index (κ2) is 6.78. The molecule has 2 saturated heterocycles. The maximum atomic E-state index is 13.0. The number of piperidine rings is 1. The molecule has 1 unspecified atom stereocenters. The lowest BCUT2D eigenvalue weighted by atomic mass is 9.78. The van der Waals surface area contributed by atoms with Gasteiger partial charge in [-0.3, -0.25) is 9.59 Å². The minimum absolute atomic E-state index is 0.171. The third-order valence-electron chi connectivity index (χ3n) is 5.51. The molecule has 3 rings (SSSR count). The van der Waals surface area contributed by atoms with E-state index in [0.29, 0.717) is 30.1 Å². The smallest absolute Gasteiger partial charge is 0.276 e. The van der Waals surface area contributed by atoms with Gasteiger partial charge in [0.05, 0.1) is 17.6 Å². The van der Waals surface area contributed by atoms with E-state index in [9.17, 15) is 9.59 Å². The van der Waals surface area contributed by atoms with Crippen LogP contribution >= 0.6 is 0 Å². The van der Waals surface area contributed by atoms with Gasteiger partial charge in [-0.25, -0.2) is 0 Å². The minimum atomic E-state index is -0.432. The number of ether oxygens (including phenoxy) is 1. The topological polar surface area (TPSA) is 75.9 Å². The molecule has 138 valence electrons. The largest absolute Gasteiger partial charge is 0.380 e. The molecule has 2 aliphatic heterocycles. The summed E-state index contributed by atoms with van der Waals surface area (Å²) in [4.78, 5) is 29.6. The van der Waals surface area contributed by atoms with Crippen molar-refractivity contribution in [1.29, 1.82) is 0 Å². The molecule has 3 heterocycles. The summed E-state index contributed by atoms with van der Waals surface area (Å²) in [5.74, 6) is 0.617. The van der Waals surface area contributed by atoms with Gasteiger partial charge in [0, 0.05) is 32.8 Å². The number of methoxy groups -OCH3 is 1. The number of aryl methyl sites for hydroxylation is 1. The van der Waals surface area contributed by atoms with Crippen LogP contribution < -0.4 is 0 Å². The average molecular weight is 349 g/mol. The van der Waals surface area contributed by atoms with Gasteiger partial charge >= 0.3 is 0 Å². The molecule has 7 nitrogen and oxygen atoms in total. The van der Waals surface area contributed by atoms with E-state index in [-0.39, 0.29) is 24.5 Å². The molecule has 1 spiro atoms. The van der Waals surface area contributed by atoms with Crippen LogP contribution in [0.2, 0.25) is 0 Å². The van der Waals surface area contributed by atoms with E-state index >= 15 is 0 Å². The zero-order valence-corrected chi connectivity index (χ0v) is 15.5. The fourth-order valence-electron chi connectivity index (χ4n) is 4.04. The summed E-state index contributed by atoms with van der Waals surface area (Å²) >= 11 is 0. The van der Waals surface area contributed by atoms with Crippen molar-refractivity contribution in [3.8, 4) is 0 Å². The third kappa shape index (κ3) is 3.05. The van der Waals surface area contributed by atoms with Crippen molar-refractivity contribution in [2.24, 2.45) is 5.41 Å². The lowest BCUT2D eigenvalue weighted by Crippen LogP contribution is -2.52. The van der Waals surface area contributed by atoms with Crippen molar-refractivity contribution in [2.45, 2.75) is 52.7 Å². The normalized spacial score (nSPS) is 24.0. The SMILES string of the molecule is COCc1c(C(=O)N2CCC3(CCCN(C(C)C)C3=O)C2)noc1C. The highest BCUT2D eigenvalue weighted by molar-refractivity contribution is 5.95. The van der Waals surface area contributed by atoms with E-state index in [1.165, 1.54) is 0 Å². The lowest BCUT2D eigenvalue weighted by Gasteiger charge is -2.41. The van der Waals surface area contributed by atoms with Crippen molar-refractivity contribution >= 4 is 11.8 Å². The predicted octanol–water partition coefficient (Wildman–Crippen LogP) is 1.99. The monoisotopic (exact) mass is 349 g/mol. The molecule has 0 aliphatic carbocycles. The first-order valence-corrected chi connectivity index (χ1v) is 8.94. The van der Waals surface area contributed by atoms with Gasteiger partial charge in [-0.15, -0.1) is 0 Å². The highest BCUT2D eigenvalue weighted by Crippen LogP contribution is 2.41. The van der Waals surface area contributed by atoms with E-state index in [2.05, 4.69) is 5.16 Å². The fraction of sp³-hybridized carbons (Fsp3) is 0.722. The first kappa shape index (κ1) is 17.9. The molecule has 2 fully saturated rings. The molecule has 1 atom stereocenters. The Balaban J connectivity index is 1.78. The summed E-state index contributed by atoms with van der Waals surface area (Å²) in [7, 11) is 1.58. The molecule has 2 aliphatic rings. The van der Waals surface area contributed by atoms with Crippen LogP contribution in [0.3, 0.4) is 0 Å². The quantitative estimate of drug-likeness (QED) is 0.831. The Morgan fingerprint density at radius 2 is 2.12 bits per heavy atom. The first-order valence-electron chi connectivity index (χ1n) is 8.94. The number of nitrogens with zero attached hydrogens (tertiary/aromatic N) is 3. The van der Waals surface area contributed by atoms with Gasteiger partial charge < -0.3 is 19.1 Å². The highest BCUT2D eigenvalue weighted by Gasteiger charge is 2.50. The van der Waals surface area contributed by atoms with Crippen LogP contribution in [0.1, 0.15) is 54.9 Å². The summed E-state index contributed by atoms with van der Waals surface area (Å²) in [6.45, 7) is 8.01. The van der Waals surface area contributed by atoms with Gasteiger partial charge in [-0.1, -0.05) is 5.16 Å². The lowest BCUT2D eigenvalue weighted by molar-refractivity contribution is -0.147. The first-order chi connectivity index (χ1) is 11.9. The second-order valence-electron chi connectivity index (χ2n) is 7.45. The number of likely N-dealkylation sites (tertiary alicyclic amines) is 2. The molecule has 0 aromatic carbocycles. The van der Waals surface area contributed by atoms with Crippen molar-refractivity contribution in [2.75, 3.05) is 26.7 Å². The minimum Gasteiger partial charge on any atom is -0.380 e. The van der Waals surface area contributed by atoms with Gasteiger partial charge in [0.25, 0.3) is 5.91 Å².